The van der Waals surface area contributed by atoms with Crippen LogP contribution in [0.1, 0.15) is 30.3 Å². The highest BCUT2D eigenvalue weighted by molar-refractivity contribution is 5.91. The molecule has 0 saturated heterocycles. The number of nitrogens with zero attached hydrogens (tertiary/aromatic N) is 2. The van der Waals surface area contributed by atoms with Crippen LogP contribution in [0.2, 0.25) is 0 Å². The molecule has 0 bridgehead atoms. The van der Waals surface area contributed by atoms with Gasteiger partial charge in [0.15, 0.2) is 0 Å². The van der Waals surface area contributed by atoms with Crippen molar-refractivity contribution in [2.75, 3.05) is 18.4 Å². The molecule has 0 saturated carbocycles. The lowest BCUT2D eigenvalue weighted by atomic mass is 10.3. The first-order chi connectivity index (χ1) is 8.92. The number of nitrogens with one attached hydrogen (secondary N) is 2. The van der Waals surface area contributed by atoms with Crippen LogP contribution in [0.15, 0.2) is 12.4 Å². The average Bonchev–Trinajstić information content (AvgIpc) is 2.34. The van der Waals surface area contributed by atoms with Crippen LogP contribution in [-0.2, 0) is 0 Å². The molecule has 0 aliphatic rings. The van der Waals surface area contributed by atoms with Crippen LogP contribution in [0, 0.1) is 0 Å². The van der Waals surface area contributed by atoms with E-state index in [2.05, 4.69) is 20.6 Å². The summed E-state index contributed by atoms with van der Waals surface area (Å²) < 4.78 is 35.6. The molecule has 19 heavy (non-hydrogen) atoms. The van der Waals surface area contributed by atoms with Crippen molar-refractivity contribution in [2.24, 2.45) is 0 Å². The van der Waals surface area contributed by atoms with E-state index in [4.69, 9.17) is 0 Å². The Morgan fingerprint density at radius 2 is 2.05 bits per heavy atom. The number of amides is 1. The Labute approximate surface area is 108 Å². The molecule has 1 heterocycles. The van der Waals surface area contributed by atoms with Gasteiger partial charge in [0.05, 0.1) is 12.4 Å². The van der Waals surface area contributed by atoms with Gasteiger partial charge in [-0.3, -0.25) is 4.79 Å². The second-order valence-electron chi connectivity index (χ2n) is 3.79. The van der Waals surface area contributed by atoms with Crippen LogP contribution in [0.5, 0.6) is 0 Å². The second kappa shape index (κ2) is 6.91. The van der Waals surface area contributed by atoms with E-state index in [-0.39, 0.29) is 18.7 Å². The van der Waals surface area contributed by atoms with Crippen LogP contribution in [0.25, 0.3) is 0 Å². The molecular formula is C11H15F3N4O. The topological polar surface area (TPSA) is 66.9 Å². The molecule has 1 aromatic rings. The van der Waals surface area contributed by atoms with Gasteiger partial charge in [-0.15, -0.1) is 0 Å². The lowest BCUT2D eigenvalue weighted by Crippen LogP contribution is -2.26. The Hall–Kier alpha value is -1.86. The fourth-order valence-corrected chi connectivity index (χ4v) is 1.30. The summed E-state index contributed by atoms with van der Waals surface area (Å²) >= 11 is 0. The maximum atomic E-state index is 11.9. The quantitative estimate of drug-likeness (QED) is 0.780. The number of rotatable bonds is 6. The van der Waals surface area contributed by atoms with Crippen molar-refractivity contribution in [1.29, 1.82) is 0 Å². The third-order valence-electron chi connectivity index (χ3n) is 2.16. The number of aromatic nitrogens is 2. The summed E-state index contributed by atoms with van der Waals surface area (Å²) in [6.07, 6.45) is -2.60. The van der Waals surface area contributed by atoms with Gasteiger partial charge in [0.1, 0.15) is 11.5 Å². The summed E-state index contributed by atoms with van der Waals surface area (Å²) in [6, 6.07) is 0. The molecule has 2 N–H and O–H groups in total. The number of alkyl halides is 3. The van der Waals surface area contributed by atoms with E-state index in [1.54, 1.807) is 0 Å². The van der Waals surface area contributed by atoms with E-state index >= 15 is 0 Å². The predicted octanol–water partition coefficient (Wildman–Crippen LogP) is 1.98. The van der Waals surface area contributed by atoms with Gasteiger partial charge in [-0.05, 0) is 13.3 Å². The van der Waals surface area contributed by atoms with Crippen molar-refractivity contribution in [1.82, 2.24) is 15.3 Å². The fourth-order valence-electron chi connectivity index (χ4n) is 1.30. The standard InChI is InChI=1S/C11H15F3N4O/c1-2-15-9-7-17-8(6-18-9)10(19)16-5-3-4-11(12,13)14/h6-7H,2-5H2,1H3,(H,15,18)(H,16,19). The van der Waals surface area contributed by atoms with Crippen LogP contribution in [0.3, 0.4) is 0 Å². The monoisotopic (exact) mass is 276 g/mol. The molecule has 1 amide bonds. The first kappa shape index (κ1) is 15.2. The van der Waals surface area contributed by atoms with E-state index in [1.165, 1.54) is 12.4 Å². The van der Waals surface area contributed by atoms with E-state index in [0.717, 1.165) is 0 Å². The number of anilines is 1. The molecule has 5 nitrogen and oxygen atoms in total. The number of carbonyl (C=O) groups excluding carboxylic acids is 1. The summed E-state index contributed by atoms with van der Waals surface area (Å²) in [5.74, 6) is 0.00819. The van der Waals surface area contributed by atoms with Gasteiger partial charge >= 0.3 is 6.18 Å². The lowest BCUT2D eigenvalue weighted by molar-refractivity contribution is -0.135. The smallest absolute Gasteiger partial charge is 0.369 e. The second-order valence-corrected chi connectivity index (χ2v) is 3.79. The Balaban J connectivity index is 2.37. The largest absolute Gasteiger partial charge is 0.389 e. The predicted molar refractivity (Wildman–Crippen MR) is 63.8 cm³/mol. The minimum Gasteiger partial charge on any atom is -0.369 e. The minimum absolute atomic E-state index is 0.0466. The normalized spacial score (nSPS) is 11.2. The molecule has 106 valence electrons. The molecule has 0 radical (unpaired) electrons. The molecule has 0 aliphatic heterocycles. The summed E-state index contributed by atoms with van der Waals surface area (Å²) in [5, 5.41) is 5.27. The molecule has 0 aliphatic carbocycles. The highest BCUT2D eigenvalue weighted by Gasteiger charge is 2.26. The molecule has 1 aromatic heterocycles. The molecule has 1 rings (SSSR count). The van der Waals surface area contributed by atoms with E-state index in [1.807, 2.05) is 6.92 Å². The fraction of sp³-hybridized carbons (Fsp3) is 0.545. The van der Waals surface area contributed by atoms with Gasteiger partial charge in [-0.1, -0.05) is 0 Å². The van der Waals surface area contributed by atoms with Gasteiger partial charge in [-0.25, -0.2) is 9.97 Å². The van der Waals surface area contributed by atoms with Crippen LogP contribution in [0.4, 0.5) is 19.0 Å². The first-order valence-electron chi connectivity index (χ1n) is 5.83. The zero-order valence-electron chi connectivity index (χ0n) is 10.4. The third-order valence-corrected chi connectivity index (χ3v) is 2.16. The maximum Gasteiger partial charge on any atom is 0.389 e. The van der Waals surface area contributed by atoms with Gasteiger partial charge < -0.3 is 10.6 Å². The van der Waals surface area contributed by atoms with Crippen molar-refractivity contribution >= 4 is 11.7 Å². The van der Waals surface area contributed by atoms with Crippen LogP contribution in [-0.4, -0.2) is 35.1 Å². The van der Waals surface area contributed by atoms with Gasteiger partial charge in [0, 0.05) is 19.5 Å². The molecule has 0 aromatic carbocycles. The Morgan fingerprint density at radius 1 is 1.32 bits per heavy atom. The zero-order chi connectivity index (χ0) is 14.3. The number of hydrogen-bond donors (Lipinski definition) is 2. The average molecular weight is 276 g/mol. The minimum atomic E-state index is -4.20. The number of carbonyl (C=O) groups is 1. The Morgan fingerprint density at radius 3 is 2.58 bits per heavy atom. The van der Waals surface area contributed by atoms with Crippen molar-refractivity contribution in [3.8, 4) is 0 Å². The summed E-state index contributed by atoms with van der Waals surface area (Å²) in [4.78, 5) is 19.3. The number of halogens is 3. The van der Waals surface area contributed by atoms with Crippen LogP contribution >= 0.6 is 0 Å². The van der Waals surface area contributed by atoms with Crippen molar-refractivity contribution < 1.29 is 18.0 Å². The molecule has 0 fully saturated rings. The highest BCUT2D eigenvalue weighted by atomic mass is 19.4. The van der Waals surface area contributed by atoms with Crippen LogP contribution < -0.4 is 10.6 Å². The molecule has 0 unspecified atom stereocenters. The van der Waals surface area contributed by atoms with E-state index in [9.17, 15) is 18.0 Å². The van der Waals surface area contributed by atoms with E-state index in [0.29, 0.717) is 12.4 Å². The summed E-state index contributed by atoms with van der Waals surface area (Å²) in [6.45, 7) is 2.52. The third kappa shape index (κ3) is 6.03. The molecular weight excluding hydrogens is 261 g/mol. The summed E-state index contributed by atoms with van der Waals surface area (Å²) in [5.41, 5.74) is 0.0775. The zero-order valence-corrected chi connectivity index (χ0v) is 10.4. The summed E-state index contributed by atoms with van der Waals surface area (Å²) in [7, 11) is 0. The van der Waals surface area contributed by atoms with E-state index < -0.39 is 18.5 Å². The molecule has 0 spiro atoms. The van der Waals surface area contributed by atoms with Crippen molar-refractivity contribution in [3.05, 3.63) is 18.1 Å². The van der Waals surface area contributed by atoms with Gasteiger partial charge in [0.25, 0.3) is 5.91 Å². The first-order valence-corrected chi connectivity index (χ1v) is 5.83. The lowest BCUT2D eigenvalue weighted by Gasteiger charge is -2.07. The SMILES string of the molecule is CCNc1cnc(C(=O)NCCCC(F)(F)F)cn1. The molecule has 8 heteroatoms. The Bertz CT molecular complexity index is 405. The maximum absolute atomic E-state index is 11.9. The highest BCUT2D eigenvalue weighted by Crippen LogP contribution is 2.20. The molecule has 0 atom stereocenters. The van der Waals surface area contributed by atoms with Crippen molar-refractivity contribution in [3.63, 3.8) is 0 Å². The Kier molecular flexibility index (Phi) is 5.53. The van der Waals surface area contributed by atoms with Gasteiger partial charge in [-0.2, -0.15) is 13.2 Å². The van der Waals surface area contributed by atoms with Gasteiger partial charge in [0.2, 0.25) is 0 Å². The van der Waals surface area contributed by atoms with Crippen molar-refractivity contribution in [2.45, 2.75) is 25.9 Å². The number of hydrogen-bond acceptors (Lipinski definition) is 4.